The minimum Gasteiger partial charge on any atom is -0.354 e. The Bertz CT molecular complexity index is 844. The van der Waals surface area contributed by atoms with Crippen LogP contribution in [0.2, 0.25) is 10.0 Å². The Morgan fingerprint density at radius 3 is 2.19 bits per heavy atom. The van der Waals surface area contributed by atoms with E-state index in [2.05, 4.69) is 12.2 Å². The SMILES string of the molecule is CCCCNC(=O)[C@@H](CC)N(Cc1ccc(Cl)cc1)C(=O)CCCSc1ccc(Cl)cc1. The Balaban J connectivity index is 2.02. The Kier molecular flexibility index (Phi) is 12.0. The van der Waals surface area contributed by atoms with E-state index < -0.39 is 6.04 Å². The van der Waals surface area contributed by atoms with E-state index in [1.807, 2.05) is 55.5 Å². The summed E-state index contributed by atoms with van der Waals surface area (Å²) in [5, 5.41) is 4.35. The maximum atomic E-state index is 13.2. The fourth-order valence-corrected chi connectivity index (χ4v) is 4.40. The number of nitrogens with one attached hydrogen (secondary N) is 1. The first-order chi connectivity index (χ1) is 15.4. The van der Waals surface area contributed by atoms with Gasteiger partial charge in [-0.2, -0.15) is 0 Å². The molecule has 174 valence electrons. The molecule has 0 aliphatic rings. The first-order valence-electron chi connectivity index (χ1n) is 11.1. The summed E-state index contributed by atoms with van der Waals surface area (Å²) >= 11 is 13.6. The van der Waals surface area contributed by atoms with Crippen molar-refractivity contribution >= 4 is 46.8 Å². The maximum absolute atomic E-state index is 13.2. The first kappa shape index (κ1) is 26.6. The molecule has 0 saturated heterocycles. The van der Waals surface area contributed by atoms with Gasteiger partial charge in [0.15, 0.2) is 0 Å². The van der Waals surface area contributed by atoms with Crippen LogP contribution in [0.15, 0.2) is 53.4 Å². The van der Waals surface area contributed by atoms with Crippen LogP contribution in [0.25, 0.3) is 0 Å². The Labute approximate surface area is 206 Å². The van der Waals surface area contributed by atoms with Gasteiger partial charge in [0.05, 0.1) is 0 Å². The molecule has 0 spiro atoms. The molecule has 2 rings (SSSR count). The van der Waals surface area contributed by atoms with Gasteiger partial charge in [-0.05, 0) is 67.0 Å². The van der Waals surface area contributed by atoms with Gasteiger partial charge in [-0.15, -0.1) is 11.8 Å². The van der Waals surface area contributed by atoms with E-state index in [4.69, 9.17) is 23.2 Å². The lowest BCUT2D eigenvalue weighted by Crippen LogP contribution is -2.49. The number of halogens is 2. The fourth-order valence-electron chi connectivity index (χ4n) is 3.30. The number of benzene rings is 2. The summed E-state index contributed by atoms with van der Waals surface area (Å²) in [6, 6.07) is 14.6. The number of hydrogen-bond donors (Lipinski definition) is 1. The lowest BCUT2D eigenvalue weighted by molar-refractivity contribution is -0.141. The lowest BCUT2D eigenvalue weighted by atomic mass is 10.1. The molecule has 2 aromatic rings. The van der Waals surface area contributed by atoms with Gasteiger partial charge in [0.25, 0.3) is 0 Å². The number of amides is 2. The topological polar surface area (TPSA) is 49.4 Å². The molecule has 32 heavy (non-hydrogen) atoms. The third-order valence-corrected chi connectivity index (χ3v) is 6.70. The molecule has 1 atom stereocenters. The van der Waals surface area contributed by atoms with E-state index in [-0.39, 0.29) is 11.8 Å². The molecule has 0 radical (unpaired) electrons. The highest BCUT2D eigenvalue weighted by Crippen LogP contribution is 2.22. The quantitative estimate of drug-likeness (QED) is 0.252. The maximum Gasteiger partial charge on any atom is 0.242 e. The first-order valence-corrected chi connectivity index (χ1v) is 12.9. The molecule has 0 fully saturated rings. The van der Waals surface area contributed by atoms with Gasteiger partial charge in [-0.3, -0.25) is 9.59 Å². The summed E-state index contributed by atoms with van der Waals surface area (Å²) in [7, 11) is 0. The molecular weight excluding hydrogens is 463 g/mol. The van der Waals surface area contributed by atoms with Gasteiger partial charge in [0, 0.05) is 34.5 Å². The van der Waals surface area contributed by atoms with Gasteiger partial charge in [0.1, 0.15) is 6.04 Å². The van der Waals surface area contributed by atoms with Crippen molar-refractivity contribution in [2.45, 2.75) is 63.4 Å². The molecule has 0 aliphatic heterocycles. The average Bonchev–Trinajstić information content (AvgIpc) is 2.79. The van der Waals surface area contributed by atoms with Crippen LogP contribution in [0.1, 0.15) is 51.5 Å². The van der Waals surface area contributed by atoms with E-state index in [0.717, 1.165) is 35.5 Å². The molecule has 0 aromatic heterocycles. The van der Waals surface area contributed by atoms with E-state index in [1.165, 1.54) is 0 Å². The number of rotatable bonds is 13. The highest BCUT2D eigenvalue weighted by molar-refractivity contribution is 7.99. The second kappa shape index (κ2) is 14.5. The van der Waals surface area contributed by atoms with Gasteiger partial charge in [-0.1, -0.05) is 55.6 Å². The molecule has 0 saturated carbocycles. The number of nitrogens with zero attached hydrogens (tertiary/aromatic N) is 1. The second-order valence-electron chi connectivity index (χ2n) is 7.62. The Morgan fingerprint density at radius 1 is 0.969 bits per heavy atom. The van der Waals surface area contributed by atoms with Crippen LogP contribution in [0.4, 0.5) is 0 Å². The predicted octanol–water partition coefficient (Wildman–Crippen LogP) is 6.59. The van der Waals surface area contributed by atoms with Crippen LogP contribution in [0.3, 0.4) is 0 Å². The molecule has 1 N–H and O–H groups in total. The van der Waals surface area contributed by atoms with Gasteiger partial charge >= 0.3 is 0 Å². The number of carbonyl (C=O) groups is 2. The molecule has 2 amide bonds. The average molecular weight is 496 g/mol. The molecule has 0 bridgehead atoms. The number of thioether (sulfide) groups is 1. The fraction of sp³-hybridized carbons (Fsp3) is 0.440. The molecule has 0 heterocycles. The van der Waals surface area contributed by atoms with Crippen molar-refractivity contribution in [2.75, 3.05) is 12.3 Å². The van der Waals surface area contributed by atoms with Crippen molar-refractivity contribution in [3.05, 3.63) is 64.1 Å². The zero-order chi connectivity index (χ0) is 23.3. The zero-order valence-corrected chi connectivity index (χ0v) is 21.1. The summed E-state index contributed by atoms with van der Waals surface area (Å²) in [4.78, 5) is 28.9. The summed E-state index contributed by atoms with van der Waals surface area (Å²) in [5.41, 5.74) is 0.957. The minimum atomic E-state index is -0.487. The summed E-state index contributed by atoms with van der Waals surface area (Å²) in [5.74, 6) is 0.731. The van der Waals surface area contributed by atoms with Crippen molar-refractivity contribution in [3.63, 3.8) is 0 Å². The van der Waals surface area contributed by atoms with Crippen molar-refractivity contribution in [2.24, 2.45) is 0 Å². The lowest BCUT2D eigenvalue weighted by Gasteiger charge is -2.31. The van der Waals surface area contributed by atoms with Crippen LogP contribution >= 0.6 is 35.0 Å². The van der Waals surface area contributed by atoms with E-state index in [9.17, 15) is 9.59 Å². The highest BCUT2D eigenvalue weighted by atomic mass is 35.5. The van der Waals surface area contributed by atoms with E-state index >= 15 is 0 Å². The summed E-state index contributed by atoms with van der Waals surface area (Å²) in [6.07, 6.45) is 3.63. The van der Waals surface area contributed by atoms with Crippen LogP contribution in [-0.2, 0) is 16.1 Å². The molecule has 0 unspecified atom stereocenters. The van der Waals surface area contributed by atoms with E-state index in [1.54, 1.807) is 16.7 Å². The third kappa shape index (κ3) is 9.05. The molecular formula is C25H32Cl2N2O2S. The van der Waals surface area contributed by atoms with Crippen LogP contribution in [0.5, 0.6) is 0 Å². The Hall–Kier alpha value is -1.69. The standard InChI is InChI=1S/C25H32Cl2N2O2S/c1-3-5-16-28-25(31)23(4-2)29(18-19-8-10-20(26)11-9-19)24(30)7-6-17-32-22-14-12-21(27)13-15-22/h8-15,23H,3-7,16-18H2,1-2H3,(H,28,31)/t23-/m1/s1. The minimum absolute atomic E-state index is 0.00542. The summed E-state index contributed by atoms with van der Waals surface area (Å²) < 4.78 is 0. The smallest absolute Gasteiger partial charge is 0.242 e. The predicted molar refractivity (Wildman–Crippen MR) is 135 cm³/mol. The highest BCUT2D eigenvalue weighted by Gasteiger charge is 2.28. The van der Waals surface area contributed by atoms with Crippen LogP contribution in [-0.4, -0.2) is 35.1 Å². The summed E-state index contributed by atoms with van der Waals surface area (Å²) in [6.45, 7) is 5.05. The van der Waals surface area contributed by atoms with Crippen LogP contribution < -0.4 is 5.32 Å². The van der Waals surface area contributed by atoms with Crippen molar-refractivity contribution in [1.82, 2.24) is 10.2 Å². The zero-order valence-electron chi connectivity index (χ0n) is 18.8. The normalized spacial score (nSPS) is 11.8. The van der Waals surface area contributed by atoms with Crippen molar-refractivity contribution < 1.29 is 9.59 Å². The Morgan fingerprint density at radius 2 is 1.59 bits per heavy atom. The number of unbranched alkanes of at least 4 members (excludes halogenated alkanes) is 1. The number of carbonyl (C=O) groups excluding carboxylic acids is 2. The van der Waals surface area contributed by atoms with Gasteiger partial charge < -0.3 is 10.2 Å². The van der Waals surface area contributed by atoms with E-state index in [0.29, 0.717) is 36.0 Å². The molecule has 7 heteroatoms. The number of hydrogen-bond acceptors (Lipinski definition) is 3. The van der Waals surface area contributed by atoms with Crippen molar-refractivity contribution in [1.29, 1.82) is 0 Å². The molecule has 0 aliphatic carbocycles. The monoisotopic (exact) mass is 494 g/mol. The third-order valence-electron chi connectivity index (χ3n) is 5.10. The second-order valence-corrected chi connectivity index (χ2v) is 9.66. The molecule has 2 aromatic carbocycles. The molecule has 4 nitrogen and oxygen atoms in total. The largest absolute Gasteiger partial charge is 0.354 e. The van der Waals surface area contributed by atoms with Crippen LogP contribution in [0, 0.1) is 0 Å². The van der Waals surface area contributed by atoms with Gasteiger partial charge in [0.2, 0.25) is 11.8 Å². The van der Waals surface area contributed by atoms with Crippen molar-refractivity contribution in [3.8, 4) is 0 Å². The van der Waals surface area contributed by atoms with Gasteiger partial charge in [-0.25, -0.2) is 0 Å².